The van der Waals surface area contributed by atoms with Crippen molar-refractivity contribution in [3.05, 3.63) is 0 Å². The third kappa shape index (κ3) is 5.04. The van der Waals surface area contributed by atoms with Gasteiger partial charge in [-0.3, -0.25) is 4.79 Å². The Morgan fingerprint density at radius 3 is 2.35 bits per heavy atom. The molecule has 1 aliphatic rings. The van der Waals surface area contributed by atoms with Crippen LogP contribution in [0.3, 0.4) is 0 Å². The number of carboxylic acids is 1. The van der Waals surface area contributed by atoms with Crippen LogP contribution in [0.4, 0.5) is 4.79 Å². The van der Waals surface area contributed by atoms with Crippen LogP contribution < -0.4 is 11.1 Å². The number of rotatable bonds is 5. The highest BCUT2D eigenvalue weighted by Gasteiger charge is 2.31. The zero-order valence-electron chi connectivity index (χ0n) is 11.5. The highest BCUT2D eigenvalue weighted by molar-refractivity contribution is 5.83. The van der Waals surface area contributed by atoms with Gasteiger partial charge in [0.1, 0.15) is 6.04 Å². The summed E-state index contributed by atoms with van der Waals surface area (Å²) < 4.78 is 0. The Bertz CT molecular complexity index is 387. The number of urea groups is 1. The summed E-state index contributed by atoms with van der Waals surface area (Å²) in [4.78, 5) is 35.1. The number of carbonyl (C=O) groups is 3. The van der Waals surface area contributed by atoms with Gasteiger partial charge in [-0.25, -0.2) is 9.59 Å². The summed E-state index contributed by atoms with van der Waals surface area (Å²) in [6.45, 7) is 2.43. The van der Waals surface area contributed by atoms with Gasteiger partial charge in [0.15, 0.2) is 0 Å². The maximum Gasteiger partial charge on any atom is 0.326 e. The number of likely N-dealkylation sites (tertiary alicyclic amines) is 1. The molecule has 1 aliphatic heterocycles. The molecule has 20 heavy (non-hydrogen) atoms. The predicted octanol–water partition coefficient (Wildman–Crippen LogP) is -0.738. The Hall–Kier alpha value is -1.83. The second-order valence-corrected chi connectivity index (χ2v) is 5.33. The fourth-order valence-electron chi connectivity index (χ4n) is 1.98. The molecule has 0 aliphatic carbocycles. The van der Waals surface area contributed by atoms with Crippen LogP contribution >= 0.6 is 0 Å². The van der Waals surface area contributed by atoms with E-state index in [1.165, 1.54) is 4.90 Å². The number of piperidine rings is 1. The molecule has 0 radical (unpaired) electrons. The van der Waals surface area contributed by atoms with E-state index in [9.17, 15) is 19.5 Å². The van der Waals surface area contributed by atoms with Crippen LogP contribution in [0.1, 0.15) is 32.6 Å². The van der Waals surface area contributed by atoms with Gasteiger partial charge >= 0.3 is 12.0 Å². The fraction of sp³-hybridized carbons (Fsp3) is 0.750. The summed E-state index contributed by atoms with van der Waals surface area (Å²) in [5.41, 5.74) is 4.18. The minimum absolute atomic E-state index is 0.0397. The number of nitrogens with one attached hydrogen (secondary N) is 1. The van der Waals surface area contributed by atoms with Crippen LogP contribution in [-0.4, -0.2) is 57.8 Å². The van der Waals surface area contributed by atoms with E-state index in [2.05, 4.69) is 5.32 Å². The van der Waals surface area contributed by atoms with Crippen LogP contribution in [0.25, 0.3) is 0 Å². The normalized spacial score (nSPS) is 19.2. The van der Waals surface area contributed by atoms with Crippen LogP contribution in [0.2, 0.25) is 0 Å². The number of aliphatic carboxylic acids is 1. The molecule has 114 valence electrons. The zero-order chi connectivity index (χ0) is 15.3. The molecule has 1 fully saturated rings. The van der Waals surface area contributed by atoms with E-state index in [0.717, 1.165) is 0 Å². The highest BCUT2D eigenvalue weighted by atomic mass is 16.4. The largest absolute Gasteiger partial charge is 0.480 e. The molecule has 1 rings (SSSR count). The Labute approximate surface area is 116 Å². The summed E-state index contributed by atoms with van der Waals surface area (Å²) in [6, 6.07) is -1.64. The number of amides is 3. The van der Waals surface area contributed by atoms with Crippen LogP contribution in [0.15, 0.2) is 0 Å². The molecule has 5 N–H and O–H groups in total. The number of nitrogens with two attached hydrogens (primary N) is 1. The molecule has 0 aromatic heterocycles. The zero-order valence-corrected chi connectivity index (χ0v) is 11.5. The molecule has 0 aromatic carbocycles. The van der Waals surface area contributed by atoms with Gasteiger partial charge in [0.25, 0.3) is 0 Å². The predicted molar refractivity (Wildman–Crippen MR) is 69.8 cm³/mol. The Balaban J connectivity index is 2.50. The summed E-state index contributed by atoms with van der Waals surface area (Å²) in [6.07, 6.45) is 0.743. The number of primary amides is 1. The van der Waals surface area contributed by atoms with Crippen molar-refractivity contribution in [2.24, 2.45) is 5.73 Å². The Morgan fingerprint density at radius 1 is 1.35 bits per heavy atom. The lowest BCUT2D eigenvalue weighted by Crippen LogP contribution is -2.52. The van der Waals surface area contributed by atoms with Crippen molar-refractivity contribution < 1.29 is 24.6 Å². The monoisotopic (exact) mass is 287 g/mol. The SMILES string of the molecule is CC1(O)CCN(C(=O)NC(CCC(N)=O)C(=O)O)CC1. The standard InChI is InChI=1S/C12H21N3O5/c1-12(20)4-6-15(7-5-12)11(19)14-8(10(17)18)2-3-9(13)16/h8,20H,2-7H2,1H3,(H2,13,16)(H,14,19)(H,17,18). The smallest absolute Gasteiger partial charge is 0.326 e. The number of aliphatic hydroxyl groups is 1. The molecule has 0 bridgehead atoms. The maximum absolute atomic E-state index is 11.9. The average Bonchev–Trinajstić information content (AvgIpc) is 2.33. The van der Waals surface area contributed by atoms with Crippen LogP contribution in [0.5, 0.6) is 0 Å². The molecule has 8 nitrogen and oxygen atoms in total. The minimum Gasteiger partial charge on any atom is -0.480 e. The molecule has 1 atom stereocenters. The number of hydrogen-bond acceptors (Lipinski definition) is 4. The van der Waals surface area contributed by atoms with E-state index >= 15 is 0 Å². The van der Waals surface area contributed by atoms with Gasteiger partial charge in [-0.2, -0.15) is 0 Å². The van der Waals surface area contributed by atoms with E-state index in [4.69, 9.17) is 10.8 Å². The Kier molecular flexibility index (Phi) is 5.32. The summed E-state index contributed by atoms with van der Waals surface area (Å²) >= 11 is 0. The van der Waals surface area contributed by atoms with Crippen LogP contribution in [0, 0.1) is 0 Å². The van der Waals surface area contributed by atoms with Crippen molar-refractivity contribution in [3.63, 3.8) is 0 Å². The summed E-state index contributed by atoms with van der Waals surface area (Å²) in [5.74, 6) is -1.82. The van der Waals surface area contributed by atoms with E-state index < -0.39 is 29.6 Å². The van der Waals surface area contributed by atoms with Crippen LogP contribution in [-0.2, 0) is 9.59 Å². The maximum atomic E-state index is 11.9. The summed E-state index contributed by atoms with van der Waals surface area (Å²) in [5, 5.41) is 21.1. The molecule has 0 aromatic rings. The number of nitrogens with zero attached hydrogens (tertiary/aromatic N) is 1. The molecule has 0 saturated carbocycles. The fourth-order valence-corrected chi connectivity index (χ4v) is 1.98. The molecule has 1 heterocycles. The minimum atomic E-state index is -1.20. The summed E-state index contributed by atoms with van der Waals surface area (Å²) in [7, 11) is 0. The second-order valence-electron chi connectivity index (χ2n) is 5.33. The van der Waals surface area contributed by atoms with Crippen molar-refractivity contribution in [1.82, 2.24) is 10.2 Å². The molecule has 3 amide bonds. The topological polar surface area (TPSA) is 133 Å². The van der Waals surface area contributed by atoms with Gasteiger partial charge in [-0.15, -0.1) is 0 Å². The second kappa shape index (κ2) is 6.56. The van der Waals surface area contributed by atoms with Gasteiger partial charge < -0.3 is 26.2 Å². The molecule has 0 spiro atoms. The van der Waals surface area contributed by atoms with E-state index in [-0.39, 0.29) is 12.8 Å². The Morgan fingerprint density at radius 2 is 1.90 bits per heavy atom. The van der Waals surface area contributed by atoms with Gasteiger partial charge in [0, 0.05) is 19.5 Å². The lowest BCUT2D eigenvalue weighted by molar-refractivity contribution is -0.139. The number of carbonyl (C=O) groups excluding carboxylic acids is 2. The number of carboxylic acid groups (broad SMARTS) is 1. The van der Waals surface area contributed by atoms with E-state index in [1.807, 2.05) is 0 Å². The highest BCUT2D eigenvalue weighted by Crippen LogP contribution is 2.21. The quantitative estimate of drug-likeness (QED) is 0.528. The molecule has 1 saturated heterocycles. The van der Waals surface area contributed by atoms with Gasteiger partial charge in [0.05, 0.1) is 5.60 Å². The van der Waals surface area contributed by atoms with E-state index in [1.54, 1.807) is 6.92 Å². The molecular formula is C12H21N3O5. The first kappa shape index (κ1) is 16.2. The van der Waals surface area contributed by atoms with Gasteiger partial charge in [-0.1, -0.05) is 0 Å². The van der Waals surface area contributed by atoms with Gasteiger partial charge in [-0.05, 0) is 26.2 Å². The first-order valence-electron chi connectivity index (χ1n) is 6.50. The third-order valence-electron chi connectivity index (χ3n) is 3.40. The first-order chi connectivity index (χ1) is 9.21. The third-order valence-corrected chi connectivity index (χ3v) is 3.40. The van der Waals surface area contributed by atoms with Crippen molar-refractivity contribution in [1.29, 1.82) is 0 Å². The van der Waals surface area contributed by atoms with Crippen molar-refractivity contribution >= 4 is 17.9 Å². The molecular weight excluding hydrogens is 266 g/mol. The van der Waals surface area contributed by atoms with Crippen molar-refractivity contribution in [2.45, 2.75) is 44.2 Å². The average molecular weight is 287 g/mol. The van der Waals surface area contributed by atoms with Crippen molar-refractivity contribution in [3.8, 4) is 0 Å². The molecule has 1 unspecified atom stereocenters. The van der Waals surface area contributed by atoms with E-state index in [0.29, 0.717) is 25.9 Å². The van der Waals surface area contributed by atoms with Crippen molar-refractivity contribution in [2.75, 3.05) is 13.1 Å². The lowest BCUT2D eigenvalue weighted by Gasteiger charge is -2.36. The van der Waals surface area contributed by atoms with Gasteiger partial charge in [0.2, 0.25) is 5.91 Å². The lowest BCUT2D eigenvalue weighted by atomic mass is 9.94. The number of hydrogen-bond donors (Lipinski definition) is 4. The molecule has 8 heteroatoms. The first-order valence-corrected chi connectivity index (χ1v) is 6.50.